The van der Waals surface area contributed by atoms with Gasteiger partial charge < -0.3 is 9.26 Å². The molecule has 4 nitrogen and oxygen atoms in total. The largest absolute Gasteiger partial charge is 0.487 e. The van der Waals surface area contributed by atoms with Gasteiger partial charge in [0.2, 0.25) is 0 Å². The Morgan fingerprint density at radius 1 is 1.33 bits per heavy atom. The summed E-state index contributed by atoms with van der Waals surface area (Å²) in [5, 5.41) is 3.86. The summed E-state index contributed by atoms with van der Waals surface area (Å²) in [6, 6.07) is 7.45. The van der Waals surface area contributed by atoms with E-state index in [1.807, 2.05) is 31.2 Å². The molecule has 92 valence electrons. The second kappa shape index (κ2) is 4.29. The van der Waals surface area contributed by atoms with Crippen LogP contribution in [-0.2, 0) is 13.0 Å². The van der Waals surface area contributed by atoms with Crippen LogP contribution >= 0.6 is 0 Å². The van der Waals surface area contributed by atoms with Gasteiger partial charge in [-0.25, -0.2) is 0 Å². The van der Waals surface area contributed by atoms with E-state index in [1.165, 1.54) is 0 Å². The van der Waals surface area contributed by atoms with Gasteiger partial charge in [0.05, 0.1) is 0 Å². The first kappa shape index (κ1) is 11.0. The van der Waals surface area contributed by atoms with E-state index in [2.05, 4.69) is 5.16 Å². The van der Waals surface area contributed by atoms with E-state index in [4.69, 9.17) is 9.26 Å². The Balaban J connectivity index is 1.72. The molecule has 0 unspecified atom stereocenters. The molecule has 0 aliphatic heterocycles. The van der Waals surface area contributed by atoms with E-state index >= 15 is 0 Å². The molecule has 0 N–H and O–H groups in total. The molecule has 18 heavy (non-hydrogen) atoms. The molecule has 1 heterocycles. The third kappa shape index (κ3) is 2.01. The molecular weight excluding hydrogens is 230 g/mol. The number of nitrogens with zero attached hydrogens (tertiary/aromatic N) is 1. The van der Waals surface area contributed by atoms with Crippen molar-refractivity contribution in [3.63, 3.8) is 0 Å². The van der Waals surface area contributed by atoms with Crippen LogP contribution in [0.15, 0.2) is 28.8 Å². The van der Waals surface area contributed by atoms with Crippen LogP contribution in [0.4, 0.5) is 0 Å². The molecule has 3 rings (SSSR count). The molecule has 0 radical (unpaired) electrons. The molecule has 1 aromatic carbocycles. The molecule has 0 saturated carbocycles. The summed E-state index contributed by atoms with van der Waals surface area (Å²) in [4.78, 5) is 11.5. The van der Waals surface area contributed by atoms with Crippen molar-refractivity contribution in [3.05, 3.63) is 46.8 Å². The van der Waals surface area contributed by atoms with Crippen molar-refractivity contribution < 1.29 is 14.1 Å². The maximum Gasteiger partial charge on any atom is 0.163 e. The van der Waals surface area contributed by atoms with Crippen LogP contribution in [-0.4, -0.2) is 10.9 Å². The molecular formula is C14H13NO3. The van der Waals surface area contributed by atoms with Gasteiger partial charge in [-0.3, -0.25) is 4.79 Å². The highest BCUT2D eigenvalue weighted by atomic mass is 16.5. The Morgan fingerprint density at radius 2 is 2.22 bits per heavy atom. The molecule has 1 aliphatic rings. The van der Waals surface area contributed by atoms with Crippen molar-refractivity contribution in [2.24, 2.45) is 0 Å². The van der Waals surface area contributed by atoms with Crippen molar-refractivity contribution in [3.8, 4) is 5.75 Å². The van der Waals surface area contributed by atoms with Crippen LogP contribution in [0.25, 0.3) is 0 Å². The predicted octanol–water partition coefficient (Wildman–Crippen LogP) is 2.69. The van der Waals surface area contributed by atoms with Crippen LogP contribution in [0.2, 0.25) is 0 Å². The first-order valence-corrected chi connectivity index (χ1v) is 5.93. The zero-order valence-electron chi connectivity index (χ0n) is 10.1. The van der Waals surface area contributed by atoms with Gasteiger partial charge in [-0.05, 0) is 37.1 Å². The topological polar surface area (TPSA) is 52.3 Å². The minimum Gasteiger partial charge on any atom is -0.487 e. The van der Waals surface area contributed by atoms with Crippen molar-refractivity contribution in [2.45, 2.75) is 26.4 Å². The summed E-state index contributed by atoms with van der Waals surface area (Å²) >= 11 is 0. The molecule has 0 fully saturated rings. The second-order valence-electron chi connectivity index (χ2n) is 4.46. The third-order valence-electron chi connectivity index (χ3n) is 3.06. The lowest BCUT2D eigenvalue weighted by atomic mass is 10.1. The number of aryl methyl sites for hydroxylation is 2. The Morgan fingerprint density at radius 3 is 3.00 bits per heavy atom. The summed E-state index contributed by atoms with van der Waals surface area (Å²) < 4.78 is 10.6. The maximum absolute atomic E-state index is 11.5. The van der Waals surface area contributed by atoms with E-state index in [1.54, 1.807) is 0 Å². The highest BCUT2D eigenvalue weighted by Gasteiger charge is 2.19. The lowest BCUT2D eigenvalue weighted by Crippen LogP contribution is -1.97. The Labute approximate surface area is 105 Å². The van der Waals surface area contributed by atoms with E-state index < -0.39 is 0 Å². The Kier molecular flexibility index (Phi) is 2.63. The van der Waals surface area contributed by atoms with Crippen molar-refractivity contribution in [2.75, 3.05) is 0 Å². The molecule has 0 spiro atoms. The van der Waals surface area contributed by atoms with Gasteiger partial charge in [-0.2, -0.15) is 0 Å². The summed E-state index contributed by atoms with van der Waals surface area (Å²) in [5.74, 6) is 1.76. The number of ether oxygens (including phenoxy) is 1. The molecule has 0 atom stereocenters. The quantitative estimate of drug-likeness (QED) is 0.831. The number of Topliss-reactive ketones (excluding diaryl/α,β-unsaturated/α-hetero) is 1. The Hall–Kier alpha value is -2.10. The molecule has 0 bridgehead atoms. The number of ketones is 1. The van der Waals surface area contributed by atoms with Gasteiger partial charge in [-0.15, -0.1) is 0 Å². The molecule has 1 aliphatic carbocycles. The van der Waals surface area contributed by atoms with E-state index in [9.17, 15) is 4.79 Å². The van der Waals surface area contributed by atoms with Gasteiger partial charge >= 0.3 is 0 Å². The number of carbonyl (C=O) groups is 1. The molecule has 4 heteroatoms. The van der Waals surface area contributed by atoms with Gasteiger partial charge in [0.25, 0.3) is 0 Å². The average Bonchev–Trinajstić information content (AvgIpc) is 2.94. The van der Waals surface area contributed by atoms with E-state index in [0.29, 0.717) is 13.0 Å². The van der Waals surface area contributed by atoms with Crippen LogP contribution in [0.5, 0.6) is 5.75 Å². The summed E-state index contributed by atoms with van der Waals surface area (Å²) in [6.07, 6.45) is 1.43. The molecule has 2 aromatic rings. The SMILES string of the molecule is Cc1cc(COc2ccc3c(c2)CCC3=O)no1. The summed E-state index contributed by atoms with van der Waals surface area (Å²) in [7, 11) is 0. The number of carbonyl (C=O) groups excluding carboxylic acids is 1. The maximum atomic E-state index is 11.5. The lowest BCUT2D eigenvalue weighted by Gasteiger charge is -2.05. The van der Waals surface area contributed by atoms with Gasteiger partial charge in [-0.1, -0.05) is 5.16 Å². The third-order valence-corrected chi connectivity index (χ3v) is 3.06. The predicted molar refractivity (Wildman–Crippen MR) is 64.7 cm³/mol. The van der Waals surface area contributed by atoms with Crippen molar-refractivity contribution in [1.29, 1.82) is 0 Å². The lowest BCUT2D eigenvalue weighted by molar-refractivity contribution is 0.0994. The minimum absolute atomic E-state index is 0.226. The van der Waals surface area contributed by atoms with Crippen LogP contribution < -0.4 is 4.74 Å². The molecule has 0 saturated heterocycles. The fourth-order valence-electron chi connectivity index (χ4n) is 2.16. The fraction of sp³-hybridized carbons (Fsp3) is 0.286. The number of hydrogen-bond donors (Lipinski definition) is 0. The normalized spacial score (nSPS) is 13.7. The van der Waals surface area contributed by atoms with Gasteiger partial charge in [0.1, 0.15) is 23.8 Å². The van der Waals surface area contributed by atoms with Crippen LogP contribution in [0, 0.1) is 6.92 Å². The average molecular weight is 243 g/mol. The summed E-state index contributed by atoms with van der Waals surface area (Å²) in [6.45, 7) is 2.22. The van der Waals surface area contributed by atoms with Crippen LogP contribution in [0.3, 0.4) is 0 Å². The smallest absolute Gasteiger partial charge is 0.163 e. The molecule has 0 amide bonds. The number of fused-ring (bicyclic) bond motifs is 1. The van der Waals surface area contributed by atoms with Crippen LogP contribution in [0.1, 0.15) is 33.8 Å². The number of benzene rings is 1. The van der Waals surface area contributed by atoms with Gasteiger partial charge in [0, 0.05) is 18.1 Å². The first-order chi connectivity index (χ1) is 8.72. The van der Waals surface area contributed by atoms with Crippen molar-refractivity contribution >= 4 is 5.78 Å². The summed E-state index contributed by atoms with van der Waals surface area (Å²) in [5.41, 5.74) is 2.68. The van der Waals surface area contributed by atoms with Crippen molar-refractivity contribution in [1.82, 2.24) is 5.16 Å². The second-order valence-corrected chi connectivity index (χ2v) is 4.46. The van der Waals surface area contributed by atoms with E-state index in [-0.39, 0.29) is 5.78 Å². The Bertz CT molecular complexity index is 601. The number of rotatable bonds is 3. The highest BCUT2D eigenvalue weighted by Crippen LogP contribution is 2.26. The standard InChI is InChI=1S/C14H13NO3/c1-9-6-11(15-18-9)8-17-12-3-4-13-10(7-12)2-5-14(13)16/h3-4,6-7H,2,5,8H2,1H3. The monoisotopic (exact) mass is 243 g/mol. The highest BCUT2D eigenvalue weighted by molar-refractivity contribution is 6.00. The van der Waals surface area contributed by atoms with Gasteiger partial charge in [0.15, 0.2) is 5.78 Å². The zero-order valence-corrected chi connectivity index (χ0v) is 10.1. The zero-order chi connectivity index (χ0) is 12.5. The van der Waals surface area contributed by atoms with E-state index in [0.717, 1.165) is 34.8 Å². The fourth-order valence-corrected chi connectivity index (χ4v) is 2.16. The first-order valence-electron chi connectivity index (χ1n) is 5.93. The molecule has 1 aromatic heterocycles. The number of aromatic nitrogens is 1. The minimum atomic E-state index is 0.226. The number of hydrogen-bond acceptors (Lipinski definition) is 4.